The largest absolute Gasteiger partial charge is 0.464 e. The molecule has 1 aromatic heterocycles. The van der Waals surface area contributed by atoms with Crippen LogP contribution in [0.4, 0.5) is 0 Å². The number of benzene rings is 1. The Morgan fingerprint density at radius 1 is 1.15 bits per heavy atom. The van der Waals surface area contributed by atoms with Gasteiger partial charge in [0.05, 0.1) is 16.3 Å². The van der Waals surface area contributed by atoms with Crippen molar-refractivity contribution in [1.82, 2.24) is 0 Å². The second kappa shape index (κ2) is 3.44. The zero-order chi connectivity index (χ0) is 9.26. The molecule has 1 nitrogen and oxygen atoms in total. The van der Waals surface area contributed by atoms with Gasteiger partial charge in [0.25, 0.3) is 0 Å². The second-order valence-electron chi connectivity index (χ2n) is 2.52. The van der Waals surface area contributed by atoms with E-state index in [0.717, 1.165) is 5.56 Å². The van der Waals surface area contributed by atoms with Crippen LogP contribution in [0.1, 0.15) is 0 Å². The minimum atomic E-state index is 0.518. The highest BCUT2D eigenvalue weighted by Crippen LogP contribution is 2.28. The van der Waals surface area contributed by atoms with Crippen molar-refractivity contribution in [2.24, 2.45) is 0 Å². The molecule has 1 heterocycles. The van der Waals surface area contributed by atoms with Gasteiger partial charge in [-0.15, -0.1) is 0 Å². The van der Waals surface area contributed by atoms with Crippen LogP contribution in [0.25, 0.3) is 11.3 Å². The molecule has 13 heavy (non-hydrogen) atoms. The number of rotatable bonds is 1. The molecule has 0 unspecified atom stereocenters. The number of hydrogen-bond acceptors (Lipinski definition) is 1. The highest BCUT2D eigenvalue weighted by Gasteiger charge is 2.03. The Morgan fingerprint density at radius 3 is 2.62 bits per heavy atom. The Morgan fingerprint density at radius 2 is 2.00 bits per heavy atom. The minimum Gasteiger partial charge on any atom is -0.464 e. The Balaban J connectivity index is 2.49. The first-order valence-corrected chi connectivity index (χ1v) is 4.43. The van der Waals surface area contributed by atoms with E-state index in [9.17, 15) is 0 Å². The summed E-state index contributed by atoms with van der Waals surface area (Å²) in [5.74, 6) is 0.665. The summed E-state index contributed by atoms with van der Waals surface area (Å²) < 4.78 is 5.16. The molecule has 2 rings (SSSR count). The molecule has 0 aliphatic heterocycles. The third-order valence-electron chi connectivity index (χ3n) is 1.65. The average Bonchev–Trinajstić information content (AvgIpc) is 2.62. The summed E-state index contributed by atoms with van der Waals surface area (Å²) in [7, 11) is 0. The second-order valence-corrected chi connectivity index (χ2v) is 3.34. The fourth-order valence-corrected chi connectivity index (χ4v) is 1.33. The van der Waals surface area contributed by atoms with Crippen molar-refractivity contribution in [2.45, 2.75) is 0 Å². The highest BCUT2D eigenvalue weighted by atomic mass is 35.5. The van der Waals surface area contributed by atoms with Gasteiger partial charge in [0.1, 0.15) is 5.76 Å². The van der Waals surface area contributed by atoms with Crippen LogP contribution in [0.15, 0.2) is 34.9 Å². The van der Waals surface area contributed by atoms with Gasteiger partial charge in [-0.25, -0.2) is 0 Å². The molecule has 0 saturated heterocycles. The van der Waals surface area contributed by atoms with Crippen molar-refractivity contribution < 1.29 is 4.42 Å². The lowest BCUT2D eigenvalue weighted by atomic mass is 10.2. The summed E-state index contributed by atoms with van der Waals surface area (Å²) in [6.07, 6.45) is 1.57. The van der Waals surface area contributed by atoms with Gasteiger partial charge in [0.2, 0.25) is 0 Å². The van der Waals surface area contributed by atoms with Crippen molar-refractivity contribution in [2.75, 3.05) is 0 Å². The van der Waals surface area contributed by atoms with Gasteiger partial charge >= 0.3 is 0 Å². The molecule has 0 fully saturated rings. The molecule has 0 bridgehead atoms. The summed E-state index contributed by atoms with van der Waals surface area (Å²) in [6.45, 7) is 0. The van der Waals surface area contributed by atoms with Crippen molar-refractivity contribution in [3.63, 3.8) is 0 Å². The van der Waals surface area contributed by atoms with E-state index in [2.05, 4.69) is 6.07 Å². The summed E-state index contributed by atoms with van der Waals surface area (Å²) in [5.41, 5.74) is 0.874. The van der Waals surface area contributed by atoms with E-state index in [0.29, 0.717) is 15.8 Å². The molecular formula is C10H5Cl2O. The molecule has 0 atom stereocenters. The highest BCUT2D eigenvalue weighted by molar-refractivity contribution is 6.42. The van der Waals surface area contributed by atoms with Crippen LogP contribution in [-0.4, -0.2) is 0 Å². The van der Waals surface area contributed by atoms with E-state index in [1.165, 1.54) is 0 Å². The number of halogens is 2. The average molecular weight is 212 g/mol. The minimum absolute atomic E-state index is 0.518. The molecule has 0 aliphatic carbocycles. The third kappa shape index (κ3) is 1.71. The lowest BCUT2D eigenvalue weighted by molar-refractivity contribution is 0.582. The molecule has 65 valence electrons. The van der Waals surface area contributed by atoms with Crippen molar-refractivity contribution in [1.29, 1.82) is 0 Å². The fourth-order valence-electron chi connectivity index (χ4n) is 1.03. The smallest absolute Gasteiger partial charge is 0.141 e. The van der Waals surface area contributed by atoms with Crippen LogP contribution in [0.5, 0.6) is 0 Å². The summed E-state index contributed by atoms with van der Waals surface area (Å²) in [6, 6.07) is 9.96. The topological polar surface area (TPSA) is 13.1 Å². The Labute approximate surface area is 85.9 Å². The molecule has 0 saturated carbocycles. The summed E-state index contributed by atoms with van der Waals surface area (Å²) >= 11 is 11.6. The standard InChI is InChI=1S/C10H5Cl2O/c11-8-4-3-7(6-9(8)12)10-2-1-5-13-10/h1,3-6H. The summed E-state index contributed by atoms with van der Waals surface area (Å²) in [5, 5.41) is 1.06. The van der Waals surface area contributed by atoms with E-state index < -0.39 is 0 Å². The van der Waals surface area contributed by atoms with E-state index in [4.69, 9.17) is 27.6 Å². The lowest BCUT2D eigenvalue weighted by Gasteiger charge is -1.98. The quantitative estimate of drug-likeness (QED) is 0.694. The van der Waals surface area contributed by atoms with Crippen molar-refractivity contribution in [3.8, 4) is 11.3 Å². The lowest BCUT2D eigenvalue weighted by Crippen LogP contribution is -1.74. The first-order chi connectivity index (χ1) is 6.27. The van der Waals surface area contributed by atoms with E-state index in [-0.39, 0.29) is 0 Å². The summed E-state index contributed by atoms with van der Waals surface area (Å²) in [4.78, 5) is 0. The Hall–Kier alpha value is -0.920. The molecule has 1 radical (unpaired) electrons. The van der Waals surface area contributed by atoms with Gasteiger partial charge in [-0.2, -0.15) is 0 Å². The van der Waals surface area contributed by atoms with E-state index in [1.54, 1.807) is 24.5 Å². The van der Waals surface area contributed by atoms with Gasteiger partial charge in [0, 0.05) is 11.6 Å². The number of furan rings is 1. The monoisotopic (exact) mass is 211 g/mol. The van der Waals surface area contributed by atoms with E-state index in [1.807, 2.05) is 6.07 Å². The first-order valence-electron chi connectivity index (χ1n) is 3.68. The fraction of sp³-hybridized carbons (Fsp3) is 0. The maximum Gasteiger partial charge on any atom is 0.141 e. The molecule has 1 aromatic carbocycles. The molecular weight excluding hydrogens is 207 g/mol. The molecule has 0 N–H and O–H groups in total. The van der Waals surface area contributed by atoms with Gasteiger partial charge in [-0.05, 0) is 24.3 Å². The Bertz CT molecular complexity index is 407. The van der Waals surface area contributed by atoms with E-state index >= 15 is 0 Å². The predicted octanol–water partition coefficient (Wildman–Crippen LogP) is 4.05. The van der Waals surface area contributed by atoms with Gasteiger partial charge in [-0.1, -0.05) is 23.2 Å². The van der Waals surface area contributed by atoms with Gasteiger partial charge in [-0.3, -0.25) is 0 Å². The maximum atomic E-state index is 5.84. The first kappa shape index (κ1) is 8.67. The van der Waals surface area contributed by atoms with Gasteiger partial charge < -0.3 is 4.42 Å². The van der Waals surface area contributed by atoms with Crippen LogP contribution in [-0.2, 0) is 0 Å². The van der Waals surface area contributed by atoms with Gasteiger partial charge in [0.15, 0.2) is 0 Å². The zero-order valence-electron chi connectivity index (χ0n) is 6.55. The molecule has 3 heteroatoms. The van der Waals surface area contributed by atoms with Crippen molar-refractivity contribution in [3.05, 3.63) is 46.6 Å². The van der Waals surface area contributed by atoms with Crippen molar-refractivity contribution >= 4 is 23.2 Å². The van der Waals surface area contributed by atoms with Crippen LogP contribution in [0, 0.1) is 6.07 Å². The molecule has 0 spiro atoms. The van der Waals surface area contributed by atoms with Crippen LogP contribution >= 0.6 is 23.2 Å². The third-order valence-corrected chi connectivity index (χ3v) is 2.39. The molecule has 0 amide bonds. The number of hydrogen-bond donors (Lipinski definition) is 0. The molecule has 0 aliphatic rings. The van der Waals surface area contributed by atoms with Crippen LogP contribution in [0.2, 0.25) is 10.0 Å². The Kier molecular flexibility index (Phi) is 2.30. The zero-order valence-corrected chi connectivity index (χ0v) is 8.06. The van der Waals surface area contributed by atoms with Crippen LogP contribution < -0.4 is 0 Å². The van der Waals surface area contributed by atoms with Crippen LogP contribution in [0.3, 0.4) is 0 Å². The predicted molar refractivity (Wildman–Crippen MR) is 53.0 cm³/mol. The SMILES string of the molecule is Clc1ccc(-c2[c]cco2)cc1Cl. The maximum absolute atomic E-state index is 5.84. The normalized spacial score (nSPS) is 10.3. The molecule has 2 aromatic rings.